The van der Waals surface area contributed by atoms with Gasteiger partial charge in [0.25, 0.3) is 5.91 Å². The van der Waals surface area contributed by atoms with Crippen LogP contribution in [0.25, 0.3) is 10.9 Å². The average Bonchev–Trinajstić information content (AvgIpc) is 3.26. The first-order valence-corrected chi connectivity index (χ1v) is 9.94. The Morgan fingerprint density at radius 3 is 2.81 bits per heavy atom. The summed E-state index contributed by atoms with van der Waals surface area (Å²) in [7, 11) is 1.49. The Labute approximate surface area is 177 Å². The maximum atomic E-state index is 13.3. The Morgan fingerprint density at radius 1 is 1.23 bits per heavy atom. The van der Waals surface area contributed by atoms with Crippen molar-refractivity contribution in [2.24, 2.45) is 0 Å². The van der Waals surface area contributed by atoms with Crippen molar-refractivity contribution >= 4 is 28.7 Å². The first kappa shape index (κ1) is 20.6. The summed E-state index contributed by atoms with van der Waals surface area (Å²) in [5.74, 6) is 0.457. The summed E-state index contributed by atoms with van der Waals surface area (Å²) >= 11 is 0. The number of fused-ring (bicyclic) bond motifs is 1. The van der Waals surface area contributed by atoms with E-state index in [1.807, 2.05) is 12.1 Å². The number of nitrogens with zero attached hydrogens (tertiary/aromatic N) is 3. The highest BCUT2D eigenvalue weighted by atomic mass is 19.1. The maximum Gasteiger partial charge on any atom is 0.407 e. The zero-order valence-corrected chi connectivity index (χ0v) is 16.9. The minimum Gasteiger partial charge on any atom is -0.441 e. The van der Waals surface area contributed by atoms with Crippen LogP contribution in [-0.4, -0.2) is 48.3 Å². The zero-order chi connectivity index (χ0) is 21.8. The van der Waals surface area contributed by atoms with Gasteiger partial charge in [0.2, 0.25) is 0 Å². The van der Waals surface area contributed by atoms with E-state index in [2.05, 4.69) is 25.7 Å². The molecule has 3 aromatic rings. The molecular weight excluding hydrogens is 405 g/mol. The molecule has 0 aliphatic carbocycles. The van der Waals surface area contributed by atoms with E-state index in [0.717, 1.165) is 42.7 Å². The van der Waals surface area contributed by atoms with E-state index in [4.69, 9.17) is 9.26 Å². The zero-order valence-electron chi connectivity index (χ0n) is 16.9. The van der Waals surface area contributed by atoms with E-state index in [-0.39, 0.29) is 35.8 Å². The minimum atomic E-state index is -0.554. The van der Waals surface area contributed by atoms with Gasteiger partial charge < -0.3 is 24.8 Å². The van der Waals surface area contributed by atoms with Gasteiger partial charge in [0, 0.05) is 37.6 Å². The topological polar surface area (TPSA) is 110 Å². The van der Waals surface area contributed by atoms with Gasteiger partial charge in [-0.2, -0.15) is 0 Å². The fraction of sp³-hybridized carbons (Fsp3) is 0.333. The largest absolute Gasteiger partial charge is 0.441 e. The van der Waals surface area contributed by atoms with Crippen LogP contribution in [0.2, 0.25) is 0 Å². The van der Waals surface area contributed by atoms with Gasteiger partial charge in [-0.05, 0) is 43.2 Å². The van der Waals surface area contributed by atoms with Crippen molar-refractivity contribution in [2.75, 3.05) is 25.0 Å². The molecule has 10 heteroatoms. The summed E-state index contributed by atoms with van der Waals surface area (Å²) < 4.78 is 23.5. The van der Waals surface area contributed by atoms with Crippen molar-refractivity contribution in [2.45, 2.75) is 25.5 Å². The standard InChI is InChI=1S/C21H22FN5O4/c1-23-20(28)18-11-16(31-26-18)12-30-21(29)24-15-6-8-27(9-7-15)19-5-2-13-10-14(22)3-4-17(13)25-19/h2-5,10-11,15H,6-9,12H2,1H3,(H,23,28)(H,24,29). The van der Waals surface area contributed by atoms with Crippen molar-refractivity contribution in [1.82, 2.24) is 20.8 Å². The van der Waals surface area contributed by atoms with Crippen LogP contribution < -0.4 is 15.5 Å². The number of aromatic nitrogens is 2. The second-order valence-corrected chi connectivity index (χ2v) is 7.25. The third kappa shape index (κ3) is 4.90. The van der Waals surface area contributed by atoms with Crippen LogP contribution in [-0.2, 0) is 11.3 Å². The van der Waals surface area contributed by atoms with E-state index in [1.165, 1.54) is 25.2 Å². The number of hydrogen-bond donors (Lipinski definition) is 2. The van der Waals surface area contributed by atoms with E-state index in [0.29, 0.717) is 0 Å². The number of alkyl carbamates (subject to hydrolysis) is 1. The predicted octanol–water partition coefficient (Wildman–Crippen LogP) is 2.62. The molecule has 31 heavy (non-hydrogen) atoms. The maximum absolute atomic E-state index is 13.3. The van der Waals surface area contributed by atoms with E-state index in [9.17, 15) is 14.0 Å². The number of amides is 2. The van der Waals surface area contributed by atoms with Crippen LogP contribution in [0.3, 0.4) is 0 Å². The summed E-state index contributed by atoms with van der Waals surface area (Å²) in [5, 5.41) is 9.65. The first-order chi connectivity index (χ1) is 15.0. The molecule has 4 rings (SSSR count). The number of nitrogens with one attached hydrogen (secondary N) is 2. The first-order valence-electron chi connectivity index (χ1n) is 9.94. The lowest BCUT2D eigenvalue weighted by Gasteiger charge is -2.33. The molecule has 1 saturated heterocycles. The van der Waals surface area contributed by atoms with Gasteiger partial charge in [-0.25, -0.2) is 14.2 Å². The summed E-state index contributed by atoms with van der Waals surface area (Å²) in [4.78, 5) is 30.3. The molecule has 1 aliphatic heterocycles. The molecule has 2 N–H and O–H groups in total. The lowest BCUT2D eigenvalue weighted by molar-refractivity contribution is 0.0952. The highest BCUT2D eigenvalue weighted by Crippen LogP contribution is 2.22. The fourth-order valence-corrected chi connectivity index (χ4v) is 3.48. The molecule has 3 heterocycles. The van der Waals surface area contributed by atoms with Crippen LogP contribution in [0.15, 0.2) is 40.9 Å². The molecule has 2 amide bonds. The number of pyridine rings is 1. The molecule has 0 spiro atoms. The number of piperidine rings is 1. The molecule has 0 saturated carbocycles. The molecule has 2 aromatic heterocycles. The monoisotopic (exact) mass is 427 g/mol. The quantitative estimate of drug-likeness (QED) is 0.644. The summed E-state index contributed by atoms with van der Waals surface area (Å²) in [6.07, 6.45) is 0.921. The Balaban J connectivity index is 1.25. The van der Waals surface area contributed by atoms with Gasteiger partial charge >= 0.3 is 6.09 Å². The van der Waals surface area contributed by atoms with E-state index >= 15 is 0 Å². The fourth-order valence-electron chi connectivity index (χ4n) is 3.48. The number of benzene rings is 1. The molecule has 9 nitrogen and oxygen atoms in total. The molecule has 0 bridgehead atoms. The molecule has 0 radical (unpaired) electrons. The number of ether oxygens (including phenoxy) is 1. The van der Waals surface area contributed by atoms with Crippen LogP contribution in [0.5, 0.6) is 0 Å². The molecule has 1 fully saturated rings. The number of halogens is 1. The van der Waals surface area contributed by atoms with E-state index < -0.39 is 6.09 Å². The smallest absolute Gasteiger partial charge is 0.407 e. The van der Waals surface area contributed by atoms with Crippen LogP contribution in [0, 0.1) is 5.82 Å². The predicted molar refractivity (Wildman–Crippen MR) is 110 cm³/mol. The third-order valence-electron chi connectivity index (χ3n) is 5.14. The second kappa shape index (κ2) is 8.99. The van der Waals surface area contributed by atoms with Gasteiger partial charge in [-0.3, -0.25) is 4.79 Å². The molecular formula is C21H22FN5O4. The van der Waals surface area contributed by atoms with Crippen molar-refractivity contribution < 1.29 is 23.2 Å². The van der Waals surface area contributed by atoms with Gasteiger partial charge in [0.15, 0.2) is 18.1 Å². The molecule has 1 aromatic carbocycles. The van der Waals surface area contributed by atoms with Gasteiger partial charge in [-0.1, -0.05) is 5.16 Å². The van der Waals surface area contributed by atoms with Gasteiger partial charge in [-0.15, -0.1) is 0 Å². The van der Waals surface area contributed by atoms with Crippen molar-refractivity contribution in [3.05, 3.63) is 53.7 Å². The molecule has 0 atom stereocenters. The lowest BCUT2D eigenvalue weighted by Crippen LogP contribution is -2.45. The number of anilines is 1. The SMILES string of the molecule is CNC(=O)c1cc(COC(=O)NC2CCN(c3ccc4cc(F)ccc4n3)CC2)on1. The second-order valence-electron chi connectivity index (χ2n) is 7.25. The van der Waals surface area contributed by atoms with Crippen molar-refractivity contribution in [3.63, 3.8) is 0 Å². The van der Waals surface area contributed by atoms with Gasteiger partial charge in [0.1, 0.15) is 11.6 Å². The molecule has 162 valence electrons. The summed E-state index contributed by atoms with van der Waals surface area (Å²) in [6.45, 7) is 1.33. The lowest BCUT2D eigenvalue weighted by atomic mass is 10.1. The van der Waals surface area contributed by atoms with Crippen LogP contribution >= 0.6 is 0 Å². The summed E-state index contributed by atoms with van der Waals surface area (Å²) in [6, 6.07) is 9.69. The molecule has 0 unspecified atom stereocenters. The number of carbonyl (C=O) groups is 2. The minimum absolute atomic E-state index is 0.0190. The Kier molecular flexibility index (Phi) is 5.96. The third-order valence-corrected chi connectivity index (χ3v) is 5.14. The highest BCUT2D eigenvalue weighted by Gasteiger charge is 2.22. The normalized spacial score (nSPS) is 14.5. The Hall–Kier alpha value is -3.69. The van der Waals surface area contributed by atoms with E-state index in [1.54, 1.807) is 6.07 Å². The Morgan fingerprint density at radius 2 is 2.03 bits per heavy atom. The number of hydrogen-bond acceptors (Lipinski definition) is 7. The van der Waals surface area contributed by atoms with Crippen molar-refractivity contribution in [3.8, 4) is 0 Å². The van der Waals surface area contributed by atoms with Crippen LogP contribution in [0.4, 0.5) is 15.0 Å². The van der Waals surface area contributed by atoms with Crippen molar-refractivity contribution in [1.29, 1.82) is 0 Å². The summed E-state index contributed by atoms with van der Waals surface area (Å²) in [5.41, 5.74) is 0.871. The van der Waals surface area contributed by atoms with Crippen LogP contribution in [0.1, 0.15) is 29.1 Å². The highest BCUT2D eigenvalue weighted by molar-refractivity contribution is 5.91. The van der Waals surface area contributed by atoms with Gasteiger partial charge in [0.05, 0.1) is 5.52 Å². The number of carbonyl (C=O) groups excluding carboxylic acids is 2. The molecule has 1 aliphatic rings. The Bertz CT molecular complexity index is 1090. The number of rotatable bonds is 5. The average molecular weight is 427 g/mol.